The van der Waals surface area contributed by atoms with Crippen molar-refractivity contribution in [2.45, 2.75) is 45.3 Å². The summed E-state index contributed by atoms with van der Waals surface area (Å²) in [7, 11) is 1.19. The van der Waals surface area contributed by atoms with Gasteiger partial charge in [-0.2, -0.15) is 0 Å². The van der Waals surface area contributed by atoms with E-state index < -0.39 is 7.32 Å². The molecular formula is C11H19BO3. The maximum Gasteiger partial charge on any atom is 0.640 e. The van der Waals surface area contributed by atoms with Gasteiger partial charge in [0.1, 0.15) is 0 Å². The molecule has 4 rings (SSSR count). The Balaban J connectivity index is 1.89. The van der Waals surface area contributed by atoms with Crippen molar-refractivity contribution >= 4 is 7.32 Å². The highest BCUT2D eigenvalue weighted by molar-refractivity contribution is 6.37. The lowest BCUT2D eigenvalue weighted by Crippen LogP contribution is -2.65. The highest BCUT2D eigenvalue weighted by Gasteiger charge is 2.68. The Morgan fingerprint density at radius 2 is 2.00 bits per heavy atom. The van der Waals surface area contributed by atoms with Gasteiger partial charge in [-0.25, -0.2) is 0 Å². The Bertz CT molecular complexity index is 294. The predicted molar refractivity (Wildman–Crippen MR) is 57.1 cm³/mol. The molecule has 4 atom stereocenters. The molecule has 1 heterocycles. The Hall–Kier alpha value is -0.0551. The van der Waals surface area contributed by atoms with Crippen LogP contribution in [0.5, 0.6) is 0 Å². The minimum atomic E-state index is -0.449. The van der Waals surface area contributed by atoms with Crippen molar-refractivity contribution in [3.05, 3.63) is 0 Å². The summed E-state index contributed by atoms with van der Waals surface area (Å²) in [6, 6.07) is 0. The fourth-order valence-electron chi connectivity index (χ4n) is 3.93. The summed E-state index contributed by atoms with van der Waals surface area (Å²) in [6.45, 7) is 6.91. The second kappa shape index (κ2) is 2.79. The Morgan fingerprint density at radius 3 is 2.60 bits per heavy atom. The number of hydrogen-bond donors (Lipinski definition) is 0. The summed E-state index contributed by atoms with van der Waals surface area (Å²) in [5.74, 6) is 1.42. The van der Waals surface area contributed by atoms with Crippen molar-refractivity contribution in [3.63, 3.8) is 0 Å². The van der Waals surface area contributed by atoms with Crippen molar-refractivity contribution in [2.24, 2.45) is 17.3 Å². The van der Waals surface area contributed by atoms with Gasteiger partial charge in [0.05, 0.1) is 11.7 Å². The second-order valence-electron chi connectivity index (χ2n) is 5.99. The molecule has 0 aromatic carbocycles. The van der Waals surface area contributed by atoms with Crippen molar-refractivity contribution in [1.82, 2.24) is 0 Å². The molecule has 1 saturated heterocycles. The number of hydrogen-bond acceptors (Lipinski definition) is 3. The minimum absolute atomic E-state index is 0.126. The van der Waals surface area contributed by atoms with E-state index in [-0.39, 0.29) is 11.7 Å². The molecule has 3 aliphatic carbocycles. The molecule has 0 spiro atoms. The average molecular weight is 210 g/mol. The fourth-order valence-corrected chi connectivity index (χ4v) is 3.93. The van der Waals surface area contributed by atoms with Crippen LogP contribution in [0.3, 0.4) is 0 Å². The summed E-state index contributed by atoms with van der Waals surface area (Å²) < 4.78 is 16.9. The molecule has 4 fully saturated rings. The van der Waals surface area contributed by atoms with Gasteiger partial charge in [0.25, 0.3) is 0 Å². The van der Waals surface area contributed by atoms with E-state index in [1.165, 1.54) is 6.42 Å². The topological polar surface area (TPSA) is 27.7 Å². The van der Waals surface area contributed by atoms with E-state index in [4.69, 9.17) is 14.0 Å². The van der Waals surface area contributed by atoms with Gasteiger partial charge < -0.3 is 14.0 Å². The highest BCUT2D eigenvalue weighted by atomic mass is 16.8. The molecular weight excluding hydrogens is 191 g/mol. The van der Waals surface area contributed by atoms with Gasteiger partial charge in [-0.05, 0) is 37.0 Å². The Labute approximate surface area is 91.6 Å². The molecule has 0 aromatic heterocycles. The third kappa shape index (κ3) is 1.08. The molecule has 3 saturated carbocycles. The van der Waals surface area contributed by atoms with E-state index in [1.807, 2.05) is 0 Å². The first-order valence-corrected chi connectivity index (χ1v) is 5.84. The molecule has 3 nitrogen and oxygen atoms in total. The van der Waals surface area contributed by atoms with Gasteiger partial charge in [-0.3, -0.25) is 0 Å². The summed E-state index contributed by atoms with van der Waals surface area (Å²) in [6.07, 6.45) is 2.65. The van der Waals surface area contributed by atoms with Crippen molar-refractivity contribution < 1.29 is 14.0 Å². The van der Waals surface area contributed by atoms with Gasteiger partial charge in [-0.1, -0.05) is 13.8 Å². The molecule has 3 unspecified atom stereocenters. The van der Waals surface area contributed by atoms with Crippen LogP contribution in [0, 0.1) is 17.3 Å². The summed E-state index contributed by atoms with van der Waals surface area (Å²) in [5.41, 5.74) is 0.288. The zero-order valence-electron chi connectivity index (χ0n) is 9.95. The largest absolute Gasteiger partial charge is 0.640 e. The van der Waals surface area contributed by atoms with Gasteiger partial charge in [0.15, 0.2) is 0 Å². The fraction of sp³-hybridized carbons (Fsp3) is 1.00. The molecule has 0 N–H and O–H groups in total. The molecule has 15 heavy (non-hydrogen) atoms. The van der Waals surface area contributed by atoms with E-state index in [0.29, 0.717) is 11.3 Å². The minimum Gasteiger partial charge on any atom is -0.389 e. The summed E-state index contributed by atoms with van der Waals surface area (Å²) in [5, 5.41) is 0. The van der Waals surface area contributed by atoms with E-state index in [1.54, 1.807) is 7.11 Å². The first-order valence-electron chi connectivity index (χ1n) is 5.84. The van der Waals surface area contributed by atoms with Gasteiger partial charge >= 0.3 is 7.32 Å². The summed E-state index contributed by atoms with van der Waals surface area (Å²) in [4.78, 5) is 0. The van der Waals surface area contributed by atoms with Crippen LogP contribution in [0.4, 0.5) is 0 Å². The zero-order chi connectivity index (χ0) is 10.8. The van der Waals surface area contributed by atoms with Crippen LogP contribution in [-0.2, 0) is 14.0 Å². The third-order valence-electron chi connectivity index (χ3n) is 5.12. The van der Waals surface area contributed by atoms with Gasteiger partial charge in [0, 0.05) is 7.11 Å². The van der Waals surface area contributed by atoms with E-state index >= 15 is 0 Å². The summed E-state index contributed by atoms with van der Waals surface area (Å²) >= 11 is 0. The lowest BCUT2D eigenvalue weighted by molar-refractivity contribution is -0.199. The monoisotopic (exact) mass is 210 g/mol. The normalized spacial score (nSPS) is 51.2. The lowest BCUT2D eigenvalue weighted by atomic mass is 9.43. The lowest BCUT2D eigenvalue weighted by Gasteiger charge is -2.64. The molecule has 4 heteroatoms. The van der Waals surface area contributed by atoms with Crippen LogP contribution in [-0.4, -0.2) is 26.1 Å². The number of rotatable bonds is 1. The predicted octanol–water partition coefficient (Wildman–Crippen LogP) is 1.86. The Morgan fingerprint density at radius 1 is 1.27 bits per heavy atom. The molecule has 2 bridgehead atoms. The first kappa shape index (κ1) is 10.1. The molecule has 0 radical (unpaired) electrons. The average Bonchev–Trinajstić information content (AvgIpc) is 2.53. The van der Waals surface area contributed by atoms with Gasteiger partial charge in [-0.15, -0.1) is 0 Å². The Kier molecular flexibility index (Phi) is 1.88. The van der Waals surface area contributed by atoms with E-state index in [9.17, 15) is 0 Å². The molecule has 0 amide bonds. The van der Waals surface area contributed by atoms with E-state index in [0.717, 1.165) is 12.3 Å². The quantitative estimate of drug-likeness (QED) is 0.618. The molecule has 4 aliphatic rings. The molecule has 0 aromatic rings. The zero-order valence-corrected chi connectivity index (χ0v) is 9.95. The second-order valence-corrected chi connectivity index (χ2v) is 5.99. The van der Waals surface area contributed by atoms with Crippen molar-refractivity contribution in [1.29, 1.82) is 0 Å². The SMILES string of the molecule is COB1OC2CC3CC(C3(C)C)[C@]2(C)O1. The van der Waals surface area contributed by atoms with Crippen LogP contribution in [0.25, 0.3) is 0 Å². The van der Waals surface area contributed by atoms with Crippen LogP contribution < -0.4 is 0 Å². The van der Waals surface area contributed by atoms with E-state index in [2.05, 4.69) is 20.8 Å². The van der Waals surface area contributed by atoms with Gasteiger partial charge in [0.2, 0.25) is 0 Å². The van der Waals surface area contributed by atoms with Crippen LogP contribution >= 0.6 is 0 Å². The smallest absolute Gasteiger partial charge is 0.389 e. The van der Waals surface area contributed by atoms with Crippen LogP contribution in [0.15, 0.2) is 0 Å². The maximum absolute atomic E-state index is 5.94. The van der Waals surface area contributed by atoms with Crippen LogP contribution in [0.1, 0.15) is 33.6 Å². The van der Waals surface area contributed by atoms with Crippen molar-refractivity contribution in [2.75, 3.05) is 7.11 Å². The maximum atomic E-state index is 5.94. The molecule has 1 aliphatic heterocycles. The third-order valence-corrected chi connectivity index (χ3v) is 5.12. The van der Waals surface area contributed by atoms with Crippen molar-refractivity contribution in [3.8, 4) is 0 Å². The highest BCUT2D eigenvalue weighted by Crippen LogP contribution is 2.65. The van der Waals surface area contributed by atoms with Crippen LogP contribution in [0.2, 0.25) is 0 Å². The first-order chi connectivity index (χ1) is 6.98. The standard InChI is InChI=1S/C11H19BO3/c1-10(2)7-5-8(10)11(3)9(6-7)14-12(13-4)15-11/h7-9H,5-6H2,1-4H3/t7?,8?,9?,11-/m0/s1. The molecule has 84 valence electrons.